The molecule has 94 valence electrons. The molecule has 0 atom stereocenters. The molecule has 3 rings (SSSR count). The molecule has 0 fully saturated rings. The lowest BCUT2D eigenvalue weighted by molar-refractivity contribution is 0.102. The first-order chi connectivity index (χ1) is 9.34. The number of aromatic nitrogens is 2. The van der Waals surface area contributed by atoms with E-state index in [9.17, 15) is 4.79 Å². The van der Waals surface area contributed by atoms with Gasteiger partial charge < -0.3 is 9.88 Å². The lowest BCUT2D eigenvalue weighted by Gasteiger charge is -2.10. The molecule has 2 heterocycles. The van der Waals surface area contributed by atoms with Crippen molar-refractivity contribution in [3.05, 3.63) is 65.4 Å². The molecule has 1 N–H and O–H groups in total. The first-order valence-corrected chi connectivity index (χ1v) is 6.70. The molecule has 0 spiro atoms. The third-order valence-corrected chi connectivity index (χ3v) is 3.40. The van der Waals surface area contributed by atoms with Crippen molar-refractivity contribution in [3.63, 3.8) is 0 Å². The van der Waals surface area contributed by atoms with Crippen LogP contribution >= 0.6 is 11.3 Å². The summed E-state index contributed by atoms with van der Waals surface area (Å²) in [7, 11) is 0. The highest BCUT2D eigenvalue weighted by atomic mass is 32.1. The van der Waals surface area contributed by atoms with E-state index in [1.165, 1.54) is 11.3 Å². The lowest BCUT2D eigenvalue weighted by atomic mass is 10.2. The maximum absolute atomic E-state index is 12.1. The molecule has 4 nitrogen and oxygen atoms in total. The quantitative estimate of drug-likeness (QED) is 0.793. The van der Waals surface area contributed by atoms with E-state index in [1.54, 1.807) is 18.6 Å². The van der Waals surface area contributed by atoms with Crippen LogP contribution < -0.4 is 5.32 Å². The number of rotatable bonds is 3. The fourth-order valence-corrected chi connectivity index (χ4v) is 2.43. The molecule has 0 aliphatic heterocycles. The lowest BCUT2D eigenvalue weighted by Crippen LogP contribution is -2.12. The minimum absolute atomic E-state index is 0.103. The summed E-state index contributed by atoms with van der Waals surface area (Å²) in [6.45, 7) is 0. The number of nitrogens with one attached hydrogen (secondary N) is 1. The number of hydrogen-bond acceptors (Lipinski definition) is 3. The third kappa shape index (κ3) is 2.41. The van der Waals surface area contributed by atoms with Crippen LogP contribution in [0.5, 0.6) is 0 Å². The van der Waals surface area contributed by atoms with E-state index in [2.05, 4.69) is 10.3 Å². The number of imidazole rings is 1. The predicted octanol–water partition coefficient (Wildman–Crippen LogP) is 3.19. The van der Waals surface area contributed by atoms with Crippen molar-refractivity contribution in [2.75, 3.05) is 5.32 Å². The molecule has 0 aliphatic carbocycles. The van der Waals surface area contributed by atoms with E-state index in [0.29, 0.717) is 5.56 Å². The van der Waals surface area contributed by atoms with Crippen LogP contribution in [0.1, 0.15) is 10.4 Å². The number of thiophene rings is 1. The Balaban J connectivity index is 1.92. The highest BCUT2D eigenvalue weighted by Gasteiger charge is 2.09. The number of hydrogen-bond donors (Lipinski definition) is 1. The Morgan fingerprint density at radius 2 is 2.16 bits per heavy atom. The fourth-order valence-electron chi connectivity index (χ4n) is 1.79. The number of carbonyl (C=O) groups is 1. The largest absolute Gasteiger partial charge is 0.320 e. The van der Waals surface area contributed by atoms with Gasteiger partial charge in [-0.1, -0.05) is 12.1 Å². The van der Waals surface area contributed by atoms with E-state index in [4.69, 9.17) is 0 Å². The summed E-state index contributed by atoms with van der Waals surface area (Å²) < 4.78 is 1.86. The van der Waals surface area contributed by atoms with Gasteiger partial charge in [0.1, 0.15) is 0 Å². The van der Waals surface area contributed by atoms with E-state index < -0.39 is 0 Å². The number of para-hydroxylation sites is 2. The first kappa shape index (κ1) is 11.7. The molecule has 2 aromatic heterocycles. The molecule has 3 aromatic rings. The van der Waals surface area contributed by atoms with Crippen molar-refractivity contribution in [3.8, 4) is 5.69 Å². The molecular weight excluding hydrogens is 258 g/mol. The Kier molecular flexibility index (Phi) is 3.12. The number of carbonyl (C=O) groups excluding carboxylic acids is 1. The summed E-state index contributed by atoms with van der Waals surface area (Å²) in [5.74, 6) is -0.103. The minimum atomic E-state index is -0.103. The second-order valence-electron chi connectivity index (χ2n) is 3.95. The van der Waals surface area contributed by atoms with Crippen molar-refractivity contribution < 1.29 is 4.79 Å². The SMILES string of the molecule is O=C(Nc1ccccc1-n1ccnc1)c1ccsc1. The van der Waals surface area contributed by atoms with Crippen LogP contribution in [0.15, 0.2) is 59.8 Å². The zero-order chi connectivity index (χ0) is 13.1. The molecule has 0 bridgehead atoms. The van der Waals surface area contributed by atoms with Gasteiger partial charge in [-0.05, 0) is 23.6 Å². The van der Waals surface area contributed by atoms with Crippen LogP contribution in [-0.2, 0) is 0 Å². The average Bonchev–Trinajstić information content (AvgIpc) is 3.13. The zero-order valence-corrected chi connectivity index (χ0v) is 10.8. The van der Waals surface area contributed by atoms with Gasteiger partial charge >= 0.3 is 0 Å². The van der Waals surface area contributed by atoms with Gasteiger partial charge in [0.05, 0.1) is 23.3 Å². The van der Waals surface area contributed by atoms with Crippen LogP contribution in [0.4, 0.5) is 5.69 Å². The number of benzene rings is 1. The molecule has 0 aliphatic rings. The molecule has 0 saturated carbocycles. The van der Waals surface area contributed by atoms with Crippen LogP contribution in [-0.4, -0.2) is 15.5 Å². The monoisotopic (exact) mass is 269 g/mol. The number of anilines is 1. The van der Waals surface area contributed by atoms with E-state index in [1.807, 2.05) is 45.8 Å². The summed E-state index contributed by atoms with van der Waals surface area (Å²) >= 11 is 1.50. The van der Waals surface area contributed by atoms with Crippen LogP contribution in [0.25, 0.3) is 5.69 Å². The second-order valence-corrected chi connectivity index (χ2v) is 4.73. The Morgan fingerprint density at radius 1 is 1.26 bits per heavy atom. The van der Waals surface area contributed by atoms with E-state index >= 15 is 0 Å². The van der Waals surface area contributed by atoms with Gasteiger partial charge in [0.15, 0.2) is 0 Å². The van der Waals surface area contributed by atoms with E-state index in [0.717, 1.165) is 11.4 Å². The van der Waals surface area contributed by atoms with Crippen LogP contribution in [0.2, 0.25) is 0 Å². The number of amides is 1. The van der Waals surface area contributed by atoms with Gasteiger partial charge in [0.2, 0.25) is 0 Å². The Labute approximate surface area is 114 Å². The molecule has 1 aromatic carbocycles. The molecule has 5 heteroatoms. The molecule has 19 heavy (non-hydrogen) atoms. The van der Waals surface area contributed by atoms with E-state index in [-0.39, 0.29) is 5.91 Å². The topological polar surface area (TPSA) is 46.9 Å². The Bertz CT molecular complexity index is 675. The van der Waals surface area contributed by atoms with Gasteiger partial charge in [-0.3, -0.25) is 4.79 Å². The highest BCUT2D eigenvalue weighted by molar-refractivity contribution is 7.08. The Hall–Kier alpha value is -2.40. The molecule has 0 radical (unpaired) electrons. The van der Waals surface area contributed by atoms with Gasteiger partial charge in [0, 0.05) is 17.8 Å². The standard InChI is InChI=1S/C14H11N3OS/c18-14(11-5-8-19-9-11)16-12-3-1-2-4-13(12)17-7-6-15-10-17/h1-10H,(H,16,18). The summed E-state index contributed by atoms with van der Waals surface area (Å²) in [6.07, 6.45) is 5.25. The van der Waals surface area contributed by atoms with Crippen molar-refractivity contribution in [1.82, 2.24) is 9.55 Å². The van der Waals surface area contributed by atoms with Crippen molar-refractivity contribution in [2.24, 2.45) is 0 Å². The minimum Gasteiger partial charge on any atom is -0.320 e. The van der Waals surface area contributed by atoms with Crippen LogP contribution in [0, 0.1) is 0 Å². The maximum atomic E-state index is 12.1. The highest BCUT2D eigenvalue weighted by Crippen LogP contribution is 2.20. The van der Waals surface area contributed by atoms with Crippen LogP contribution in [0.3, 0.4) is 0 Å². The second kappa shape index (κ2) is 5.07. The summed E-state index contributed by atoms with van der Waals surface area (Å²) in [5, 5.41) is 6.63. The summed E-state index contributed by atoms with van der Waals surface area (Å²) in [6, 6.07) is 9.43. The number of nitrogens with zero attached hydrogens (tertiary/aromatic N) is 2. The maximum Gasteiger partial charge on any atom is 0.256 e. The van der Waals surface area contributed by atoms with Gasteiger partial charge in [-0.15, -0.1) is 0 Å². The van der Waals surface area contributed by atoms with Gasteiger partial charge in [-0.2, -0.15) is 11.3 Å². The first-order valence-electron chi connectivity index (χ1n) is 5.75. The Morgan fingerprint density at radius 3 is 2.89 bits per heavy atom. The third-order valence-electron chi connectivity index (χ3n) is 2.72. The summed E-state index contributed by atoms with van der Waals surface area (Å²) in [4.78, 5) is 16.1. The zero-order valence-electron chi connectivity index (χ0n) is 9.98. The normalized spacial score (nSPS) is 10.3. The average molecular weight is 269 g/mol. The molecule has 0 saturated heterocycles. The molecule has 0 unspecified atom stereocenters. The van der Waals surface area contributed by atoms with Crippen molar-refractivity contribution >= 4 is 22.9 Å². The molecular formula is C14H11N3OS. The fraction of sp³-hybridized carbons (Fsp3) is 0. The van der Waals surface area contributed by atoms with Crippen molar-refractivity contribution in [1.29, 1.82) is 0 Å². The smallest absolute Gasteiger partial charge is 0.256 e. The van der Waals surface area contributed by atoms with Gasteiger partial charge in [0.25, 0.3) is 5.91 Å². The van der Waals surface area contributed by atoms with Crippen molar-refractivity contribution in [2.45, 2.75) is 0 Å². The summed E-state index contributed by atoms with van der Waals surface area (Å²) in [5.41, 5.74) is 2.32. The van der Waals surface area contributed by atoms with Gasteiger partial charge in [-0.25, -0.2) is 4.98 Å². The molecule has 1 amide bonds. The predicted molar refractivity (Wildman–Crippen MR) is 75.8 cm³/mol.